The minimum atomic E-state index is -0.162. The van der Waals surface area contributed by atoms with Crippen LogP contribution in [-0.2, 0) is 0 Å². The zero-order valence-electron chi connectivity index (χ0n) is 12.2. The topological polar surface area (TPSA) is 0 Å². The molecule has 0 heterocycles. The molecule has 3 rings (SSSR count). The van der Waals surface area contributed by atoms with Crippen molar-refractivity contribution in [2.75, 3.05) is 0 Å². The molecule has 3 aromatic carbocycles. The lowest BCUT2D eigenvalue weighted by Crippen LogP contribution is -1.90. The van der Waals surface area contributed by atoms with Crippen molar-refractivity contribution < 1.29 is 4.39 Å². The van der Waals surface area contributed by atoms with Gasteiger partial charge in [-0.1, -0.05) is 77.9 Å². The van der Waals surface area contributed by atoms with Gasteiger partial charge in [0, 0.05) is 11.1 Å². The molecule has 0 N–H and O–H groups in total. The zero-order valence-corrected chi connectivity index (χ0v) is 12.2. The highest BCUT2D eigenvalue weighted by molar-refractivity contribution is 5.74. The summed E-state index contributed by atoms with van der Waals surface area (Å²) in [7, 11) is 0. The maximum Gasteiger partial charge on any atom is 0.138 e. The molecule has 0 atom stereocenters. The molecule has 0 aliphatic heterocycles. The van der Waals surface area contributed by atoms with Crippen LogP contribution in [0.3, 0.4) is 0 Å². The van der Waals surface area contributed by atoms with Gasteiger partial charge in [0.15, 0.2) is 0 Å². The Kier molecular flexibility index (Phi) is 3.57. The predicted octanol–water partition coefficient (Wildman–Crippen LogP) is 5.78. The molecule has 0 bridgehead atoms. The SMILES string of the molecule is Cc1ccc(-c2cccc(-c3ccc(C)cc3)c2F)cc1. The van der Waals surface area contributed by atoms with E-state index in [4.69, 9.17) is 0 Å². The summed E-state index contributed by atoms with van der Waals surface area (Å²) in [5, 5.41) is 0. The van der Waals surface area contributed by atoms with Crippen LogP contribution >= 0.6 is 0 Å². The van der Waals surface area contributed by atoms with Crippen LogP contribution < -0.4 is 0 Å². The van der Waals surface area contributed by atoms with Gasteiger partial charge in [0.25, 0.3) is 0 Å². The summed E-state index contributed by atoms with van der Waals surface area (Å²) < 4.78 is 14.8. The number of aryl methyl sites for hydroxylation is 2. The molecule has 0 saturated carbocycles. The Morgan fingerprint density at radius 1 is 0.571 bits per heavy atom. The number of halogens is 1. The molecule has 1 heteroatoms. The van der Waals surface area contributed by atoms with E-state index in [2.05, 4.69) is 0 Å². The summed E-state index contributed by atoms with van der Waals surface area (Å²) in [5.41, 5.74) is 5.46. The molecule has 0 saturated heterocycles. The first-order chi connectivity index (χ1) is 10.1. The highest BCUT2D eigenvalue weighted by atomic mass is 19.1. The van der Waals surface area contributed by atoms with Crippen molar-refractivity contribution in [2.45, 2.75) is 13.8 Å². The Hall–Kier alpha value is -2.41. The van der Waals surface area contributed by atoms with Crippen LogP contribution in [0, 0.1) is 19.7 Å². The highest BCUT2D eigenvalue weighted by Crippen LogP contribution is 2.31. The van der Waals surface area contributed by atoms with Gasteiger partial charge in [-0.15, -0.1) is 0 Å². The van der Waals surface area contributed by atoms with Gasteiger partial charge in [-0.25, -0.2) is 4.39 Å². The molecule has 3 aromatic rings. The van der Waals surface area contributed by atoms with Gasteiger partial charge >= 0.3 is 0 Å². The molecule has 0 amide bonds. The van der Waals surface area contributed by atoms with Crippen LogP contribution in [0.4, 0.5) is 4.39 Å². The summed E-state index contributed by atoms with van der Waals surface area (Å²) in [4.78, 5) is 0. The Bertz CT molecular complexity index is 689. The normalized spacial score (nSPS) is 10.6. The molecule has 21 heavy (non-hydrogen) atoms. The van der Waals surface area contributed by atoms with E-state index < -0.39 is 0 Å². The second kappa shape index (κ2) is 5.53. The smallest absolute Gasteiger partial charge is 0.138 e. The van der Waals surface area contributed by atoms with Gasteiger partial charge in [0.05, 0.1) is 0 Å². The third-order valence-corrected chi connectivity index (χ3v) is 3.72. The maximum absolute atomic E-state index is 14.8. The molecule has 0 spiro atoms. The Balaban J connectivity index is 2.10. The highest BCUT2D eigenvalue weighted by Gasteiger charge is 2.11. The van der Waals surface area contributed by atoms with Gasteiger partial charge in [0.1, 0.15) is 5.82 Å². The van der Waals surface area contributed by atoms with Crippen molar-refractivity contribution in [1.29, 1.82) is 0 Å². The van der Waals surface area contributed by atoms with E-state index in [1.165, 1.54) is 11.1 Å². The van der Waals surface area contributed by atoms with Crippen LogP contribution in [0.25, 0.3) is 22.3 Å². The summed E-state index contributed by atoms with van der Waals surface area (Å²) in [6, 6.07) is 21.5. The van der Waals surface area contributed by atoms with E-state index in [1.807, 2.05) is 80.6 Å². The van der Waals surface area contributed by atoms with E-state index in [0.29, 0.717) is 11.1 Å². The molecule has 0 unspecified atom stereocenters. The molecule has 0 nitrogen and oxygen atoms in total. The average Bonchev–Trinajstić information content (AvgIpc) is 2.50. The average molecular weight is 276 g/mol. The van der Waals surface area contributed by atoms with Gasteiger partial charge in [0.2, 0.25) is 0 Å². The van der Waals surface area contributed by atoms with Crippen LogP contribution in [0.5, 0.6) is 0 Å². The molecule has 0 aromatic heterocycles. The molecular formula is C20H17F. The van der Waals surface area contributed by atoms with E-state index >= 15 is 0 Å². The fourth-order valence-electron chi connectivity index (χ4n) is 2.44. The number of benzene rings is 3. The van der Waals surface area contributed by atoms with Crippen molar-refractivity contribution in [3.05, 3.63) is 83.7 Å². The summed E-state index contributed by atoms with van der Waals surface area (Å²) in [6.45, 7) is 4.06. The minimum absolute atomic E-state index is 0.162. The van der Waals surface area contributed by atoms with E-state index in [1.54, 1.807) is 0 Å². The number of rotatable bonds is 2. The zero-order chi connectivity index (χ0) is 14.8. The van der Waals surface area contributed by atoms with Crippen molar-refractivity contribution in [3.63, 3.8) is 0 Å². The monoisotopic (exact) mass is 276 g/mol. The molecular weight excluding hydrogens is 259 g/mol. The first-order valence-corrected chi connectivity index (χ1v) is 7.08. The van der Waals surface area contributed by atoms with Gasteiger partial charge in [-0.3, -0.25) is 0 Å². The van der Waals surface area contributed by atoms with Crippen LogP contribution in [0.15, 0.2) is 66.7 Å². The van der Waals surface area contributed by atoms with Gasteiger partial charge in [-0.2, -0.15) is 0 Å². The van der Waals surface area contributed by atoms with Crippen LogP contribution in [0.2, 0.25) is 0 Å². The van der Waals surface area contributed by atoms with Gasteiger partial charge < -0.3 is 0 Å². The van der Waals surface area contributed by atoms with Crippen LogP contribution in [-0.4, -0.2) is 0 Å². The molecule has 0 aliphatic rings. The quantitative estimate of drug-likeness (QED) is 0.557. The van der Waals surface area contributed by atoms with Crippen molar-refractivity contribution in [1.82, 2.24) is 0 Å². The second-order valence-corrected chi connectivity index (χ2v) is 5.40. The molecule has 0 fully saturated rings. The Labute approximate surface area is 124 Å². The van der Waals surface area contributed by atoms with Crippen LogP contribution in [0.1, 0.15) is 11.1 Å². The summed E-state index contributed by atoms with van der Waals surface area (Å²) in [5.74, 6) is -0.162. The number of hydrogen-bond donors (Lipinski definition) is 0. The third kappa shape index (κ3) is 2.73. The molecule has 0 radical (unpaired) electrons. The van der Waals surface area contributed by atoms with E-state index in [-0.39, 0.29) is 5.82 Å². The first kappa shape index (κ1) is 13.6. The van der Waals surface area contributed by atoms with E-state index in [9.17, 15) is 4.39 Å². The third-order valence-electron chi connectivity index (χ3n) is 3.72. The minimum Gasteiger partial charge on any atom is -0.206 e. The summed E-state index contributed by atoms with van der Waals surface area (Å²) >= 11 is 0. The van der Waals surface area contributed by atoms with Crippen molar-refractivity contribution in [2.24, 2.45) is 0 Å². The second-order valence-electron chi connectivity index (χ2n) is 5.40. The largest absolute Gasteiger partial charge is 0.206 e. The van der Waals surface area contributed by atoms with E-state index in [0.717, 1.165) is 11.1 Å². The van der Waals surface area contributed by atoms with Gasteiger partial charge in [-0.05, 0) is 25.0 Å². The molecule has 104 valence electrons. The van der Waals surface area contributed by atoms with Crippen molar-refractivity contribution in [3.8, 4) is 22.3 Å². The lowest BCUT2D eigenvalue weighted by atomic mass is 9.97. The lowest BCUT2D eigenvalue weighted by molar-refractivity contribution is 0.635. The Morgan fingerprint density at radius 3 is 1.33 bits per heavy atom. The standard InChI is InChI=1S/C20H17F/c1-14-6-10-16(11-7-14)18-4-3-5-19(20(18)21)17-12-8-15(2)9-13-17/h3-13H,1-2H3. The summed E-state index contributed by atoms with van der Waals surface area (Å²) in [6.07, 6.45) is 0. The van der Waals surface area contributed by atoms with Crippen molar-refractivity contribution >= 4 is 0 Å². The fourth-order valence-corrected chi connectivity index (χ4v) is 2.44. The Morgan fingerprint density at radius 2 is 0.952 bits per heavy atom. The lowest BCUT2D eigenvalue weighted by Gasteiger charge is -2.09. The number of hydrogen-bond acceptors (Lipinski definition) is 0. The molecule has 0 aliphatic carbocycles. The predicted molar refractivity (Wildman–Crippen MR) is 86.7 cm³/mol. The fraction of sp³-hybridized carbons (Fsp3) is 0.100. The maximum atomic E-state index is 14.8. The first-order valence-electron chi connectivity index (χ1n) is 7.08.